The molecule has 0 saturated heterocycles. The molecule has 0 bridgehead atoms. The lowest BCUT2D eigenvalue weighted by molar-refractivity contribution is 0.122. The van der Waals surface area contributed by atoms with Crippen molar-refractivity contribution in [2.24, 2.45) is 0 Å². The van der Waals surface area contributed by atoms with Gasteiger partial charge >= 0.3 is 0 Å². The first-order valence-electron chi connectivity index (χ1n) is 4.07. The van der Waals surface area contributed by atoms with Crippen LogP contribution in [0.2, 0.25) is 5.15 Å². The van der Waals surface area contributed by atoms with Gasteiger partial charge in [-0.3, -0.25) is 5.41 Å². The number of anilines is 1. The van der Waals surface area contributed by atoms with Crippen LogP contribution < -0.4 is 10.6 Å². The number of hydrogen-bond acceptors (Lipinski definition) is 2. The van der Waals surface area contributed by atoms with Gasteiger partial charge in [-0.1, -0.05) is 11.6 Å². The van der Waals surface area contributed by atoms with Crippen LogP contribution in [0.5, 0.6) is 0 Å². The first-order valence-corrected chi connectivity index (χ1v) is 4.45. The Labute approximate surface area is 89.9 Å². The Balaban J connectivity index is 2.75. The summed E-state index contributed by atoms with van der Waals surface area (Å²) in [5.74, 6) is 0.00787. The zero-order valence-corrected chi connectivity index (χ0v) is 8.65. The van der Waals surface area contributed by atoms with Gasteiger partial charge in [0.15, 0.2) is 11.1 Å². The lowest BCUT2D eigenvalue weighted by Gasteiger charge is -2.05. The normalized spacial score (nSPS) is 10.5. The molecule has 1 aromatic heterocycles. The number of rotatable bonds is 3. The maximum Gasteiger partial charge on any atom is 0.257 e. The van der Waals surface area contributed by atoms with Gasteiger partial charge in [0.2, 0.25) is 0 Å². The molecule has 0 atom stereocenters. The van der Waals surface area contributed by atoms with Gasteiger partial charge in [0.05, 0.1) is 11.9 Å². The second-order valence-electron chi connectivity index (χ2n) is 2.67. The minimum atomic E-state index is -2.51. The molecule has 1 aromatic rings. The minimum absolute atomic E-state index is 0.00787. The van der Waals surface area contributed by atoms with Crippen molar-refractivity contribution in [3.8, 4) is 0 Å². The summed E-state index contributed by atoms with van der Waals surface area (Å²) in [6, 6.07) is 0. The van der Waals surface area contributed by atoms with Crippen molar-refractivity contribution in [1.29, 1.82) is 5.41 Å². The van der Waals surface area contributed by atoms with E-state index in [9.17, 15) is 8.78 Å². The summed E-state index contributed by atoms with van der Waals surface area (Å²) in [6.07, 6.45) is -1.23. The van der Waals surface area contributed by atoms with E-state index in [4.69, 9.17) is 17.0 Å². The summed E-state index contributed by atoms with van der Waals surface area (Å²) in [4.78, 5) is 0. The fraction of sp³-hybridized carbons (Fsp3) is 0.429. The Kier molecular flexibility index (Phi) is 3.84. The van der Waals surface area contributed by atoms with E-state index in [0.717, 1.165) is 4.68 Å². The molecular weight excluding hydrogens is 228 g/mol. The van der Waals surface area contributed by atoms with E-state index < -0.39 is 13.0 Å². The molecule has 0 aromatic carbocycles. The maximum absolute atomic E-state index is 12.0. The third kappa shape index (κ3) is 3.05. The predicted octanol–water partition coefficient (Wildman–Crippen LogP) is 1.37. The Morgan fingerprint density at radius 1 is 1.73 bits per heavy atom. The van der Waals surface area contributed by atoms with E-state index >= 15 is 0 Å². The Morgan fingerprint density at radius 3 is 2.93 bits per heavy atom. The predicted molar refractivity (Wildman–Crippen MR) is 53.7 cm³/mol. The number of aromatic nitrogens is 2. The van der Waals surface area contributed by atoms with E-state index in [1.807, 2.05) is 0 Å². The standard InChI is InChI=1S/C7H10ClF2N5/c1-12-7(11)14-4-2-13-15(6(4)8)3-5(9)10/h2,5H,3H2,1H3,(H3,11,12,14). The molecule has 0 aliphatic carbocycles. The third-order valence-electron chi connectivity index (χ3n) is 1.60. The number of alkyl halides is 2. The van der Waals surface area contributed by atoms with Crippen molar-refractivity contribution in [2.45, 2.75) is 13.0 Å². The molecule has 0 radical (unpaired) electrons. The van der Waals surface area contributed by atoms with E-state index in [-0.39, 0.29) is 11.1 Å². The van der Waals surface area contributed by atoms with Gasteiger partial charge in [0.25, 0.3) is 6.43 Å². The topological polar surface area (TPSA) is 65.7 Å². The third-order valence-corrected chi connectivity index (χ3v) is 1.99. The molecule has 3 N–H and O–H groups in total. The van der Waals surface area contributed by atoms with Crippen molar-refractivity contribution >= 4 is 23.2 Å². The molecule has 0 spiro atoms. The molecule has 1 rings (SSSR count). The molecule has 84 valence electrons. The summed E-state index contributed by atoms with van der Waals surface area (Å²) < 4.78 is 25.1. The molecule has 1 heterocycles. The SMILES string of the molecule is CNC(=N)Nc1cnn(CC(F)F)c1Cl. The quantitative estimate of drug-likeness (QED) is 0.550. The molecular formula is C7H10ClF2N5. The smallest absolute Gasteiger partial charge is 0.257 e. The van der Waals surface area contributed by atoms with E-state index in [2.05, 4.69) is 15.7 Å². The van der Waals surface area contributed by atoms with Gasteiger partial charge in [-0.05, 0) is 0 Å². The summed E-state index contributed by atoms with van der Waals surface area (Å²) in [6.45, 7) is -0.562. The van der Waals surface area contributed by atoms with Crippen LogP contribution in [0.1, 0.15) is 0 Å². The summed E-state index contributed by atoms with van der Waals surface area (Å²) in [5.41, 5.74) is 0.316. The first kappa shape index (κ1) is 11.7. The fourth-order valence-electron chi connectivity index (χ4n) is 0.909. The Morgan fingerprint density at radius 2 is 2.40 bits per heavy atom. The van der Waals surface area contributed by atoms with Crippen LogP contribution in [-0.4, -0.2) is 29.2 Å². The first-order chi connectivity index (χ1) is 7.04. The maximum atomic E-state index is 12.0. The van der Waals surface area contributed by atoms with Crippen molar-refractivity contribution in [3.63, 3.8) is 0 Å². The van der Waals surface area contributed by atoms with Crippen LogP contribution in [0, 0.1) is 5.41 Å². The zero-order valence-electron chi connectivity index (χ0n) is 7.89. The monoisotopic (exact) mass is 237 g/mol. The van der Waals surface area contributed by atoms with Crippen molar-refractivity contribution in [2.75, 3.05) is 12.4 Å². The van der Waals surface area contributed by atoms with Crippen LogP contribution in [-0.2, 0) is 6.54 Å². The fourth-order valence-corrected chi connectivity index (χ4v) is 1.12. The summed E-state index contributed by atoms with van der Waals surface area (Å²) in [7, 11) is 1.55. The average Bonchev–Trinajstić information content (AvgIpc) is 2.49. The Bertz CT molecular complexity index is 351. The van der Waals surface area contributed by atoms with Crippen LogP contribution in [0.25, 0.3) is 0 Å². The molecule has 0 unspecified atom stereocenters. The van der Waals surface area contributed by atoms with E-state index in [1.165, 1.54) is 6.20 Å². The minimum Gasteiger partial charge on any atom is -0.359 e. The molecule has 8 heteroatoms. The highest BCUT2D eigenvalue weighted by molar-refractivity contribution is 6.32. The number of nitrogens with one attached hydrogen (secondary N) is 3. The summed E-state index contributed by atoms with van der Waals surface area (Å²) in [5, 5.41) is 16.1. The van der Waals surface area contributed by atoms with Gasteiger partial charge < -0.3 is 10.6 Å². The number of hydrogen-bond donors (Lipinski definition) is 3. The molecule has 0 fully saturated rings. The summed E-state index contributed by atoms with van der Waals surface area (Å²) >= 11 is 5.75. The van der Waals surface area contributed by atoms with Gasteiger partial charge in [-0.2, -0.15) is 5.10 Å². The highest BCUT2D eigenvalue weighted by Gasteiger charge is 2.12. The second-order valence-corrected chi connectivity index (χ2v) is 3.03. The van der Waals surface area contributed by atoms with Gasteiger partial charge in [0.1, 0.15) is 6.54 Å². The van der Waals surface area contributed by atoms with Gasteiger partial charge in [-0.15, -0.1) is 0 Å². The molecule has 15 heavy (non-hydrogen) atoms. The van der Waals surface area contributed by atoms with Crippen LogP contribution in [0.3, 0.4) is 0 Å². The highest BCUT2D eigenvalue weighted by atomic mass is 35.5. The van der Waals surface area contributed by atoms with Crippen molar-refractivity contribution < 1.29 is 8.78 Å². The second kappa shape index (κ2) is 4.92. The number of guanidine groups is 1. The lowest BCUT2D eigenvalue weighted by atomic mass is 10.5. The Hall–Kier alpha value is -1.37. The lowest BCUT2D eigenvalue weighted by Crippen LogP contribution is -2.25. The van der Waals surface area contributed by atoms with Crippen molar-refractivity contribution in [1.82, 2.24) is 15.1 Å². The van der Waals surface area contributed by atoms with E-state index in [0.29, 0.717) is 5.69 Å². The zero-order chi connectivity index (χ0) is 11.4. The molecule has 0 saturated carbocycles. The van der Waals surface area contributed by atoms with Gasteiger partial charge in [0, 0.05) is 7.05 Å². The highest BCUT2D eigenvalue weighted by Crippen LogP contribution is 2.21. The average molecular weight is 238 g/mol. The van der Waals surface area contributed by atoms with Crippen LogP contribution >= 0.6 is 11.6 Å². The number of nitrogens with zero attached hydrogens (tertiary/aromatic N) is 2. The van der Waals surface area contributed by atoms with Crippen molar-refractivity contribution in [3.05, 3.63) is 11.3 Å². The molecule has 0 aliphatic rings. The van der Waals surface area contributed by atoms with E-state index in [1.54, 1.807) is 7.05 Å². The largest absolute Gasteiger partial charge is 0.359 e. The van der Waals surface area contributed by atoms with Crippen LogP contribution in [0.4, 0.5) is 14.5 Å². The molecule has 0 amide bonds. The number of halogens is 3. The van der Waals surface area contributed by atoms with Crippen LogP contribution in [0.15, 0.2) is 6.20 Å². The van der Waals surface area contributed by atoms with Gasteiger partial charge in [-0.25, -0.2) is 13.5 Å². The molecule has 0 aliphatic heterocycles. The molecule has 5 nitrogen and oxygen atoms in total.